The third kappa shape index (κ3) is 5.99. The van der Waals surface area contributed by atoms with Gasteiger partial charge in [0, 0.05) is 17.5 Å². The van der Waals surface area contributed by atoms with Crippen molar-refractivity contribution in [2.45, 2.75) is 45.7 Å². The first-order valence-electron chi connectivity index (χ1n) is 9.19. The summed E-state index contributed by atoms with van der Waals surface area (Å²) in [5, 5.41) is 0. The van der Waals surface area contributed by atoms with Crippen molar-refractivity contribution in [3.63, 3.8) is 0 Å². The van der Waals surface area contributed by atoms with Gasteiger partial charge in [-0.1, -0.05) is 66.2 Å². The van der Waals surface area contributed by atoms with E-state index >= 15 is 0 Å². The van der Waals surface area contributed by atoms with Crippen LogP contribution in [0.3, 0.4) is 0 Å². The molecule has 0 N–H and O–H groups in total. The van der Waals surface area contributed by atoms with E-state index in [9.17, 15) is 4.79 Å². The topological polar surface area (TPSA) is 38.7 Å². The van der Waals surface area contributed by atoms with Crippen LogP contribution in [0, 0.1) is 0 Å². The van der Waals surface area contributed by atoms with Gasteiger partial charge in [0.25, 0.3) is 0 Å². The van der Waals surface area contributed by atoms with Crippen LogP contribution in [0.4, 0.5) is 0 Å². The molecule has 0 aromatic heterocycles. The van der Waals surface area contributed by atoms with Crippen LogP contribution in [-0.2, 0) is 9.53 Å². The van der Waals surface area contributed by atoms with Crippen molar-refractivity contribution in [3.05, 3.63) is 83.9 Å². The Morgan fingerprint density at radius 3 is 1.92 bits per heavy atom. The average molecular weight is 350 g/mol. The molecule has 0 fully saturated rings. The lowest BCUT2D eigenvalue weighted by Crippen LogP contribution is -2.32. The molecule has 0 saturated carbocycles. The molecule has 2 rings (SSSR count). The Balaban J connectivity index is 2.60. The van der Waals surface area contributed by atoms with E-state index in [1.165, 1.54) is 0 Å². The van der Waals surface area contributed by atoms with Crippen LogP contribution in [0.1, 0.15) is 46.6 Å². The molecule has 0 amide bonds. The monoisotopic (exact) mass is 350 g/mol. The molecule has 3 nitrogen and oxygen atoms in total. The van der Waals surface area contributed by atoms with Crippen molar-refractivity contribution >= 4 is 11.7 Å². The summed E-state index contributed by atoms with van der Waals surface area (Å²) >= 11 is 0. The minimum Gasteiger partial charge on any atom is -0.458 e. The van der Waals surface area contributed by atoms with Crippen LogP contribution in [0.25, 0.3) is 0 Å². The number of benzene rings is 2. The minimum atomic E-state index is -1.81. The van der Waals surface area contributed by atoms with E-state index in [-0.39, 0.29) is 6.42 Å². The molecule has 0 unspecified atom stereocenters. The van der Waals surface area contributed by atoms with Gasteiger partial charge in [-0.2, -0.15) is 0 Å². The van der Waals surface area contributed by atoms with Gasteiger partial charge in [-0.3, -0.25) is 4.99 Å². The second kappa shape index (κ2) is 8.61. The zero-order valence-electron chi connectivity index (χ0n) is 17.0. The Kier molecular flexibility index (Phi) is 6.00. The van der Waals surface area contributed by atoms with E-state index < -0.39 is 17.6 Å². The second-order valence-corrected chi connectivity index (χ2v) is 7.27. The molecule has 2 aromatic carbocycles. The normalized spacial score (nSPS) is 13.9. The SMILES string of the molecule is [2H][C@@](CC(=C)C)(N=C(c1ccccc1)c1ccccc1)C(=O)OC(C)(C)C. The zero-order chi connectivity index (χ0) is 20.1. The predicted octanol–water partition coefficient (Wildman–Crippen LogP) is 5.20. The summed E-state index contributed by atoms with van der Waals surface area (Å²) in [7, 11) is 0. The van der Waals surface area contributed by atoms with Crippen LogP contribution in [-0.4, -0.2) is 23.3 Å². The molecule has 0 bridgehead atoms. The molecular formula is C23H27NO2. The Bertz CT molecular complexity index is 781. The molecule has 136 valence electrons. The average Bonchev–Trinajstić information content (AvgIpc) is 2.59. The van der Waals surface area contributed by atoms with Gasteiger partial charge in [0.05, 0.1) is 7.08 Å². The van der Waals surface area contributed by atoms with Gasteiger partial charge >= 0.3 is 5.97 Å². The summed E-state index contributed by atoms with van der Waals surface area (Å²) < 4.78 is 14.3. The van der Waals surface area contributed by atoms with Crippen LogP contribution >= 0.6 is 0 Å². The first-order valence-corrected chi connectivity index (χ1v) is 8.69. The first-order chi connectivity index (χ1) is 12.6. The lowest BCUT2D eigenvalue weighted by Gasteiger charge is -2.23. The Morgan fingerprint density at radius 2 is 1.54 bits per heavy atom. The molecule has 0 aliphatic heterocycles. The maximum atomic E-state index is 12.9. The van der Waals surface area contributed by atoms with Crippen molar-refractivity contribution in [2.24, 2.45) is 4.99 Å². The highest BCUT2D eigenvalue weighted by Crippen LogP contribution is 2.18. The van der Waals surface area contributed by atoms with Gasteiger partial charge in [-0.15, -0.1) is 6.58 Å². The van der Waals surface area contributed by atoms with Gasteiger partial charge in [-0.05, 0) is 27.7 Å². The number of hydrogen-bond acceptors (Lipinski definition) is 3. The number of esters is 1. The van der Waals surface area contributed by atoms with Gasteiger partial charge in [0.1, 0.15) is 5.60 Å². The minimum absolute atomic E-state index is 0.0884. The molecule has 1 atom stereocenters. The third-order valence-electron chi connectivity index (χ3n) is 3.44. The molecule has 2 aromatic rings. The van der Waals surface area contributed by atoms with Crippen molar-refractivity contribution in [1.82, 2.24) is 0 Å². The van der Waals surface area contributed by atoms with Crippen molar-refractivity contribution in [3.8, 4) is 0 Å². The molecule has 0 aliphatic rings. The molecular weight excluding hydrogens is 322 g/mol. The lowest BCUT2D eigenvalue weighted by atomic mass is 10.0. The third-order valence-corrected chi connectivity index (χ3v) is 3.44. The summed E-state index contributed by atoms with van der Waals surface area (Å²) in [6.45, 7) is 11.0. The molecule has 0 spiro atoms. The van der Waals surface area contributed by atoms with Crippen LogP contribution in [0.15, 0.2) is 77.8 Å². The maximum Gasteiger partial charge on any atom is 0.331 e. The zero-order valence-corrected chi connectivity index (χ0v) is 16.0. The van der Waals surface area contributed by atoms with Crippen molar-refractivity contribution in [2.75, 3.05) is 0 Å². The maximum absolute atomic E-state index is 12.9. The van der Waals surface area contributed by atoms with E-state index in [4.69, 9.17) is 6.11 Å². The fourth-order valence-corrected chi connectivity index (χ4v) is 2.40. The fourth-order valence-electron chi connectivity index (χ4n) is 2.40. The van der Waals surface area contributed by atoms with Crippen molar-refractivity contribution in [1.29, 1.82) is 0 Å². The van der Waals surface area contributed by atoms with Crippen molar-refractivity contribution < 1.29 is 10.9 Å². The van der Waals surface area contributed by atoms with Crippen LogP contribution in [0.5, 0.6) is 0 Å². The van der Waals surface area contributed by atoms with Crippen LogP contribution < -0.4 is 0 Å². The number of hydrogen-bond donors (Lipinski definition) is 0. The van der Waals surface area contributed by atoms with E-state index in [2.05, 4.69) is 11.6 Å². The molecule has 0 heterocycles. The highest BCUT2D eigenvalue weighted by Gasteiger charge is 2.25. The Morgan fingerprint density at radius 1 is 1.08 bits per heavy atom. The molecule has 0 aliphatic carbocycles. The van der Waals surface area contributed by atoms with Gasteiger partial charge < -0.3 is 4.74 Å². The summed E-state index contributed by atoms with van der Waals surface area (Å²) in [5.74, 6) is -0.678. The molecule has 0 radical (unpaired) electrons. The fraction of sp³-hybridized carbons (Fsp3) is 0.304. The highest BCUT2D eigenvalue weighted by molar-refractivity contribution is 6.13. The van der Waals surface area contributed by atoms with Gasteiger partial charge in [0.15, 0.2) is 6.02 Å². The number of ether oxygens (including phenoxy) is 1. The standard InChI is InChI=1S/C23H27NO2/c1-17(2)16-20(22(25)26-23(3,4)5)24-21(18-12-8-6-9-13-18)19-14-10-7-11-15-19/h6-15,20H,1,16H2,2-5H3/t20-/m0/s1/i20D. The smallest absolute Gasteiger partial charge is 0.331 e. The molecule has 26 heavy (non-hydrogen) atoms. The number of rotatable bonds is 6. The molecule has 0 saturated heterocycles. The van der Waals surface area contributed by atoms with Crippen LogP contribution in [0.2, 0.25) is 0 Å². The second-order valence-electron chi connectivity index (χ2n) is 7.27. The summed E-state index contributed by atoms with van der Waals surface area (Å²) in [6.07, 6.45) is 0.0884. The first kappa shape index (κ1) is 18.1. The number of carbonyl (C=O) groups is 1. The number of nitrogens with zero attached hydrogens (tertiary/aromatic N) is 1. The summed E-state index contributed by atoms with van der Waals surface area (Å²) in [4.78, 5) is 17.5. The van der Waals surface area contributed by atoms with E-state index in [0.717, 1.165) is 11.1 Å². The number of aliphatic imine (C=N–C) groups is 1. The summed E-state index contributed by atoms with van der Waals surface area (Å²) in [5.41, 5.74) is 2.25. The van der Waals surface area contributed by atoms with E-state index in [0.29, 0.717) is 11.3 Å². The Labute approximate surface area is 157 Å². The van der Waals surface area contributed by atoms with Gasteiger partial charge in [0.2, 0.25) is 0 Å². The summed E-state index contributed by atoms with van der Waals surface area (Å²) in [6, 6.07) is 17.3. The Hall–Kier alpha value is -2.68. The lowest BCUT2D eigenvalue weighted by molar-refractivity contribution is -0.156. The van der Waals surface area contributed by atoms with E-state index in [1.54, 1.807) is 27.7 Å². The number of carbonyl (C=O) groups excluding carboxylic acids is 1. The van der Waals surface area contributed by atoms with E-state index in [1.807, 2.05) is 60.7 Å². The quantitative estimate of drug-likeness (QED) is 0.408. The predicted molar refractivity (Wildman–Crippen MR) is 108 cm³/mol. The van der Waals surface area contributed by atoms with Gasteiger partial charge in [-0.25, -0.2) is 4.79 Å². The molecule has 3 heteroatoms. The largest absolute Gasteiger partial charge is 0.458 e. The highest BCUT2D eigenvalue weighted by atomic mass is 16.6.